The van der Waals surface area contributed by atoms with Gasteiger partial charge in [0, 0.05) is 0 Å². The molecule has 0 amide bonds. The Kier molecular flexibility index (Phi) is 2.64. The third-order valence-corrected chi connectivity index (χ3v) is 1.54. The summed E-state index contributed by atoms with van der Waals surface area (Å²) in [5, 5.41) is 0. The predicted octanol–water partition coefficient (Wildman–Crippen LogP) is 1.09. The molecule has 1 heterocycles. The van der Waals surface area contributed by atoms with Crippen molar-refractivity contribution in [2.75, 3.05) is 12.8 Å². The van der Waals surface area contributed by atoms with Crippen LogP contribution in [-0.4, -0.2) is 18.1 Å². The zero-order valence-corrected chi connectivity index (χ0v) is 7.28. The average Bonchev–Trinajstić information content (AvgIpc) is 2.17. The summed E-state index contributed by atoms with van der Waals surface area (Å²) < 4.78 is 4.50. The molecule has 68 valence electrons. The molecule has 0 aliphatic rings. The Labute approximate surface area is 76.0 Å². The molecule has 0 spiro atoms. The monoisotopic (exact) mass is 178 g/mol. The van der Waals surface area contributed by atoms with Crippen LogP contribution in [-0.2, 0) is 4.74 Å². The maximum Gasteiger partial charge on any atom is 0.358 e. The number of hydrogen-bond acceptors (Lipinski definition) is 4. The minimum atomic E-state index is -0.541. The molecule has 0 aliphatic heterocycles. The van der Waals surface area contributed by atoms with Crippen LogP contribution < -0.4 is 5.73 Å². The number of rotatable bonds is 2. The van der Waals surface area contributed by atoms with Gasteiger partial charge in [-0.25, -0.2) is 9.78 Å². The summed E-state index contributed by atoms with van der Waals surface area (Å²) in [6, 6.07) is 3.27. The van der Waals surface area contributed by atoms with Crippen molar-refractivity contribution in [3.05, 3.63) is 30.1 Å². The minimum absolute atomic E-state index is 0.125. The van der Waals surface area contributed by atoms with Gasteiger partial charge in [-0.15, -0.1) is 0 Å². The van der Waals surface area contributed by atoms with E-state index in [1.165, 1.54) is 13.2 Å². The lowest BCUT2D eigenvalue weighted by atomic mass is 10.2. The summed E-state index contributed by atoms with van der Waals surface area (Å²) in [5.74, 6) is -0.541. The maximum absolute atomic E-state index is 11.1. The highest BCUT2D eigenvalue weighted by Crippen LogP contribution is 2.11. The standard InChI is InChI=1S/C9H10N2O2/c1-3-6-4-5-7(10)8(11-6)9(12)13-2/h3-5H,1,10H2,2H3. The second-order valence-electron chi connectivity index (χ2n) is 2.37. The van der Waals surface area contributed by atoms with Gasteiger partial charge < -0.3 is 10.5 Å². The van der Waals surface area contributed by atoms with E-state index in [1.807, 2.05) is 0 Å². The molecule has 2 N–H and O–H groups in total. The van der Waals surface area contributed by atoms with E-state index < -0.39 is 5.97 Å². The van der Waals surface area contributed by atoms with Gasteiger partial charge in [0.1, 0.15) is 0 Å². The molecule has 1 rings (SSSR count). The molecule has 1 aromatic heterocycles. The van der Waals surface area contributed by atoms with Crippen molar-refractivity contribution in [3.63, 3.8) is 0 Å². The number of methoxy groups -OCH3 is 1. The molecule has 0 saturated carbocycles. The first kappa shape index (κ1) is 9.25. The zero-order chi connectivity index (χ0) is 9.84. The van der Waals surface area contributed by atoms with Crippen LogP contribution in [0.2, 0.25) is 0 Å². The van der Waals surface area contributed by atoms with Gasteiger partial charge in [-0.2, -0.15) is 0 Å². The predicted molar refractivity (Wildman–Crippen MR) is 50.1 cm³/mol. The highest BCUT2D eigenvalue weighted by molar-refractivity contribution is 5.92. The Balaban J connectivity index is 3.18. The first-order valence-electron chi connectivity index (χ1n) is 3.66. The molecule has 0 atom stereocenters. The van der Waals surface area contributed by atoms with E-state index in [0.29, 0.717) is 11.4 Å². The van der Waals surface area contributed by atoms with Crippen molar-refractivity contribution in [2.24, 2.45) is 0 Å². The van der Waals surface area contributed by atoms with Crippen molar-refractivity contribution in [3.8, 4) is 0 Å². The van der Waals surface area contributed by atoms with Crippen LogP contribution in [0.4, 0.5) is 5.69 Å². The van der Waals surface area contributed by atoms with Crippen LogP contribution in [0.25, 0.3) is 6.08 Å². The number of hydrogen-bond donors (Lipinski definition) is 1. The van der Waals surface area contributed by atoms with Gasteiger partial charge in [-0.1, -0.05) is 6.58 Å². The van der Waals surface area contributed by atoms with E-state index in [0.717, 1.165) is 0 Å². The molecule has 13 heavy (non-hydrogen) atoms. The molecule has 0 bridgehead atoms. The lowest BCUT2D eigenvalue weighted by Gasteiger charge is -2.02. The summed E-state index contributed by atoms with van der Waals surface area (Å²) in [6.45, 7) is 3.53. The largest absolute Gasteiger partial charge is 0.464 e. The molecule has 4 heteroatoms. The number of ether oxygens (including phenoxy) is 1. The fraction of sp³-hybridized carbons (Fsp3) is 0.111. The summed E-state index contributed by atoms with van der Waals surface area (Å²) >= 11 is 0. The van der Waals surface area contributed by atoms with Crippen molar-refractivity contribution in [1.29, 1.82) is 0 Å². The highest BCUT2D eigenvalue weighted by atomic mass is 16.5. The molecule has 1 aromatic rings. The van der Waals surface area contributed by atoms with Crippen LogP contribution in [0, 0.1) is 0 Å². The number of aromatic nitrogens is 1. The Morgan fingerprint density at radius 2 is 2.38 bits per heavy atom. The molecule has 0 radical (unpaired) electrons. The van der Waals surface area contributed by atoms with E-state index in [1.54, 1.807) is 12.1 Å². The number of carbonyl (C=O) groups excluding carboxylic acids is 1. The Morgan fingerprint density at radius 1 is 1.69 bits per heavy atom. The molecule has 0 aliphatic carbocycles. The number of nitrogens with zero attached hydrogens (tertiary/aromatic N) is 1. The smallest absolute Gasteiger partial charge is 0.358 e. The van der Waals surface area contributed by atoms with Gasteiger partial charge in [0.05, 0.1) is 18.5 Å². The minimum Gasteiger partial charge on any atom is -0.464 e. The van der Waals surface area contributed by atoms with Crippen molar-refractivity contribution < 1.29 is 9.53 Å². The second-order valence-corrected chi connectivity index (χ2v) is 2.37. The number of esters is 1. The van der Waals surface area contributed by atoms with E-state index in [-0.39, 0.29) is 5.69 Å². The fourth-order valence-electron chi connectivity index (χ4n) is 0.859. The van der Waals surface area contributed by atoms with E-state index in [2.05, 4.69) is 16.3 Å². The van der Waals surface area contributed by atoms with E-state index >= 15 is 0 Å². The maximum atomic E-state index is 11.1. The normalized spacial score (nSPS) is 9.31. The van der Waals surface area contributed by atoms with Crippen LogP contribution >= 0.6 is 0 Å². The number of pyridine rings is 1. The van der Waals surface area contributed by atoms with Crippen molar-refractivity contribution >= 4 is 17.7 Å². The van der Waals surface area contributed by atoms with Crippen molar-refractivity contribution in [1.82, 2.24) is 4.98 Å². The summed E-state index contributed by atoms with van der Waals surface area (Å²) in [6.07, 6.45) is 1.53. The van der Waals surface area contributed by atoms with Gasteiger partial charge in [0.15, 0.2) is 5.69 Å². The van der Waals surface area contributed by atoms with Crippen molar-refractivity contribution in [2.45, 2.75) is 0 Å². The van der Waals surface area contributed by atoms with Crippen LogP contribution in [0.15, 0.2) is 18.7 Å². The lowest BCUT2D eigenvalue weighted by molar-refractivity contribution is 0.0595. The van der Waals surface area contributed by atoms with Crippen LogP contribution in [0.1, 0.15) is 16.2 Å². The number of anilines is 1. The number of nitrogen functional groups attached to an aromatic ring is 1. The molecule has 4 nitrogen and oxygen atoms in total. The fourth-order valence-corrected chi connectivity index (χ4v) is 0.859. The molecule has 0 unspecified atom stereocenters. The molecular weight excluding hydrogens is 168 g/mol. The molecule has 0 saturated heterocycles. The average molecular weight is 178 g/mol. The first-order chi connectivity index (χ1) is 6.19. The highest BCUT2D eigenvalue weighted by Gasteiger charge is 2.11. The third-order valence-electron chi connectivity index (χ3n) is 1.54. The summed E-state index contributed by atoms with van der Waals surface area (Å²) in [7, 11) is 1.28. The van der Waals surface area contributed by atoms with Crippen LogP contribution in [0.3, 0.4) is 0 Å². The zero-order valence-electron chi connectivity index (χ0n) is 7.28. The van der Waals surface area contributed by atoms with Gasteiger partial charge in [0.2, 0.25) is 0 Å². The van der Waals surface area contributed by atoms with Gasteiger partial charge in [0.25, 0.3) is 0 Å². The Hall–Kier alpha value is -1.84. The summed E-state index contributed by atoms with van der Waals surface area (Å²) in [4.78, 5) is 15.0. The number of nitrogens with two attached hydrogens (primary N) is 1. The lowest BCUT2D eigenvalue weighted by Crippen LogP contribution is -2.08. The molecule has 0 aromatic carbocycles. The SMILES string of the molecule is C=Cc1ccc(N)c(C(=O)OC)n1. The quantitative estimate of drug-likeness (QED) is 0.688. The topological polar surface area (TPSA) is 65.2 Å². The van der Waals surface area contributed by atoms with Gasteiger partial charge in [-0.3, -0.25) is 0 Å². The van der Waals surface area contributed by atoms with E-state index in [4.69, 9.17) is 5.73 Å². The molecule has 0 fully saturated rings. The van der Waals surface area contributed by atoms with Gasteiger partial charge in [-0.05, 0) is 18.2 Å². The third kappa shape index (κ3) is 1.84. The van der Waals surface area contributed by atoms with Gasteiger partial charge >= 0.3 is 5.97 Å². The molecular formula is C9H10N2O2. The first-order valence-corrected chi connectivity index (χ1v) is 3.66. The summed E-state index contributed by atoms with van der Waals surface area (Å²) in [5.41, 5.74) is 6.54. The second kappa shape index (κ2) is 3.71. The van der Waals surface area contributed by atoms with Crippen LogP contribution in [0.5, 0.6) is 0 Å². The number of carbonyl (C=O) groups is 1. The Morgan fingerprint density at radius 3 is 2.92 bits per heavy atom. The van der Waals surface area contributed by atoms with E-state index in [9.17, 15) is 4.79 Å². The Bertz CT molecular complexity index is 347.